The van der Waals surface area contributed by atoms with Gasteiger partial charge in [-0.15, -0.1) is 0 Å². The lowest BCUT2D eigenvalue weighted by Crippen LogP contribution is -2.29. The number of carboxylic acid groups (broad SMARTS) is 1. The highest BCUT2D eigenvalue weighted by atomic mass is 32.2. The van der Waals surface area contributed by atoms with Gasteiger partial charge in [-0.2, -0.15) is 0 Å². The largest absolute Gasteiger partial charge is 0.480 e. The Labute approximate surface area is 106 Å². The van der Waals surface area contributed by atoms with Gasteiger partial charge in [-0.3, -0.25) is 4.79 Å². The molecule has 0 heterocycles. The summed E-state index contributed by atoms with van der Waals surface area (Å²) in [6.07, 6.45) is 0. The molecule has 0 spiro atoms. The molecule has 4 nitrogen and oxygen atoms in total. The Kier molecular flexibility index (Phi) is 4.58. The van der Waals surface area contributed by atoms with Crippen LogP contribution in [-0.2, 0) is 15.8 Å². The van der Waals surface area contributed by atoms with Crippen LogP contribution in [0.5, 0.6) is 0 Å². The van der Waals surface area contributed by atoms with E-state index in [1.54, 1.807) is 0 Å². The molecule has 19 heavy (non-hydrogen) atoms. The number of carboxylic acids is 1. The minimum atomic E-state index is -2.84. The van der Waals surface area contributed by atoms with Crippen molar-refractivity contribution >= 4 is 17.0 Å². The average Bonchev–Trinajstić information content (AvgIpc) is 2.33. The maximum absolute atomic E-state index is 13.3. The monoisotopic (exact) mass is 303 g/mol. The Balaban J connectivity index is 3.35. The predicted octanol–water partition coefficient (Wildman–Crippen LogP) is 1.42. The van der Waals surface area contributed by atoms with Crippen molar-refractivity contribution in [3.05, 3.63) is 29.1 Å². The van der Waals surface area contributed by atoms with Gasteiger partial charge in [0.15, 0.2) is 23.3 Å². The van der Waals surface area contributed by atoms with Crippen LogP contribution in [0, 0.1) is 29.1 Å². The molecule has 106 valence electrons. The molecule has 0 fully saturated rings. The van der Waals surface area contributed by atoms with Gasteiger partial charge in [0, 0.05) is 7.05 Å². The van der Waals surface area contributed by atoms with Crippen LogP contribution in [0.4, 0.5) is 22.0 Å². The zero-order chi connectivity index (χ0) is 14.9. The van der Waals surface area contributed by atoms with Gasteiger partial charge in [-0.25, -0.2) is 30.5 Å². The van der Waals surface area contributed by atoms with Crippen LogP contribution in [0.3, 0.4) is 0 Å². The van der Waals surface area contributed by atoms with Gasteiger partial charge in [-0.05, 0) is 0 Å². The second-order valence-corrected chi connectivity index (χ2v) is 4.86. The molecule has 0 aliphatic rings. The summed E-state index contributed by atoms with van der Waals surface area (Å²) in [4.78, 5) is 8.75. The Hall–Kier alpha value is -1.55. The zero-order valence-electron chi connectivity index (χ0n) is 9.22. The van der Waals surface area contributed by atoms with Crippen molar-refractivity contribution in [1.82, 2.24) is 4.31 Å². The first kappa shape index (κ1) is 15.5. The molecule has 0 saturated heterocycles. The molecule has 10 heteroatoms. The molecule has 1 N–H and O–H groups in total. The van der Waals surface area contributed by atoms with E-state index in [0.717, 1.165) is 7.05 Å². The lowest BCUT2D eigenvalue weighted by atomic mass is 10.3. The smallest absolute Gasteiger partial charge is 0.318 e. The van der Waals surface area contributed by atoms with E-state index < -0.39 is 57.5 Å². The van der Waals surface area contributed by atoms with Crippen molar-refractivity contribution in [2.75, 3.05) is 13.6 Å². The molecule has 0 bridgehead atoms. The van der Waals surface area contributed by atoms with E-state index in [9.17, 15) is 31.0 Å². The third kappa shape index (κ3) is 2.89. The molecule has 1 atom stereocenters. The van der Waals surface area contributed by atoms with Crippen LogP contribution >= 0.6 is 0 Å². The first-order valence-electron chi connectivity index (χ1n) is 4.54. The van der Waals surface area contributed by atoms with Gasteiger partial charge >= 0.3 is 5.97 Å². The number of rotatable bonds is 4. The number of hydrogen-bond donors (Lipinski definition) is 1. The fourth-order valence-corrected chi connectivity index (χ4v) is 2.17. The van der Waals surface area contributed by atoms with Crippen molar-refractivity contribution in [1.29, 1.82) is 0 Å². The number of aliphatic carboxylic acids is 1. The summed E-state index contributed by atoms with van der Waals surface area (Å²) >= 11 is 0. The summed E-state index contributed by atoms with van der Waals surface area (Å²) in [5.41, 5.74) is 0. The van der Waals surface area contributed by atoms with E-state index in [-0.39, 0.29) is 0 Å². The Morgan fingerprint density at radius 1 is 1.05 bits per heavy atom. The van der Waals surface area contributed by atoms with Crippen LogP contribution in [0.25, 0.3) is 0 Å². The number of benzene rings is 1. The maximum atomic E-state index is 13.3. The summed E-state index contributed by atoms with van der Waals surface area (Å²) in [5.74, 6) is -12.9. The molecule has 1 aromatic carbocycles. The highest BCUT2D eigenvalue weighted by Gasteiger charge is 2.31. The summed E-state index contributed by atoms with van der Waals surface area (Å²) < 4.78 is 77.0. The van der Waals surface area contributed by atoms with E-state index in [4.69, 9.17) is 5.11 Å². The second-order valence-electron chi connectivity index (χ2n) is 3.33. The third-order valence-electron chi connectivity index (χ3n) is 1.99. The van der Waals surface area contributed by atoms with Gasteiger partial charge in [0.1, 0.15) is 22.4 Å². The first-order valence-corrected chi connectivity index (χ1v) is 5.65. The first-order chi connectivity index (χ1) is 8.68. The van der Waals surface area contributed by atoms with E-state index in [0.29, 0.717) is 4.31 Å². The number of halogens is 5. The van der Waals surface area contributed by atoms with Gasteiger partial charge in [0.25, 0.3) is 0 Å². The quantitative estimate of drug-likeness (QED) is 0.520. The normalized spacial score (nSPS) is 12.8. The van der Waals surface area contributed by atoms with Crippen molar-refractivity contribution in [2.24, 2.45) is 0 Å². The molecule has 0 aromatic heterocycles. The summed E-state index contributed by atoms with van der Waals surface area (Å²) in [7, 11) is -1.95. The Bertz CT molecular complexity index is 536. The third-order valence-corrected chi connectivity index (χ3v) is 3.39. The number of nitrogens with zero attached hydrogens (tertiary/aromatic N) is 1. The van der Waals surface area contributed by atoms with E-state index >= 15 is 0 Å². The summed E-state index contributed by atoms with van der Waals surface area (Å²) in [6, 6.07) is 0. The lowest BCUT2D eigenvalue weighted by molar-refractivity contribution is -0.136. The molecule has 0 aliphatic carbocycles. The molecule has 1 unspecified atom stereocenters. The molecule has 0 saturated carbocycles. The van der Waals surface area contributed by atoms with Gasteiger partial charge < -0.3 is 5.11 Å². The number of likely N-dealkylation sites (N-methyl/N-ethyl adjacent to an activating group) is 1. The van der Waals surface area contributed by atoms with E-state index in [2.05, 4.69) is 0 Å². The summed E-state index contributed by atoms with van der Waals surface area (Å²) in [6.45, 7) is -0.911. The zero-order valence-corrected chi connectivity index (χ0v) is 10.0. The van der Waals surface area contributed by atoms with Crippen LogP contribution in [0.2, 0.25) is 0 Å². The average molecular weight is 303 g/mol. The van der Waals surface area contributed by atoms with Crippen LogP contribution < -0.4 is 0 Å². The van der Waals surface area contributed by atoms with E-state index in [1.165, 1.54) is 0 Å². The predicted molar refractivity (Wildman–Crippen MR) is 52.9 cm³/mol. The molecule has 0 amide bonds. The minimum Gasteiger partial charge on any atom is -0.480 e. The topological polar surface area (TPSA) is 57.6 Å². The highest BCUT2D eigenvalue weighted by molar-refractivity contribution is 7.82. The van der Waals surface area contributed by atoms with Crippen LogP contribution in [0.15, 0.2) is 4.90 Å². The number of carbonyl (C=O) groups is 1. The van der Waals surface area contributed by atoms with Crippen molar-refractivity contribution < 1.29 is 36.1 Å². The minimum absolute atomic E-state index is 0.417. The molecular weight excluding hydrogens is 297 g/mol. The SMILES string of the molecule is CN(CC(=O)O)S(=O)c1c(F)c(F)c(F)c(F)c1F. The van der Waals surface area contributed by atoms with Crippen molar-refractivity contribution in [3.8, 4) is 0 Å². The standard InChI is InChI=1S/C9H6F5NO3S/c1-15(2-3(16)17)19(18)9-7(13)5(11)4(10)6(12)8(9)14/h2H2,1H3,(H,16,17). The molecule has 0 radical (unpaired) electrons. The van der Waals surface area contributed by atoms with Gasteiger partial charge in [0.2, 0.25) is 5.82 Å². The van der Waals surface area contributed by atoms with Crippen molar-refractivity contribution in [2.45, 2.75) is 4.90 Å². The molecule has 1 rings (SSSR count). The second kappa shape index (κ2) is 5.61. The fourth-order valence-electron chi connectivity index (χ4n) is 1.14. The maximum Gasteiger partial charge on any atom is 0.318 e. The van der Waals surface area contributed by atoms with Crippen molar-refractivity contribution in [3.63, 3.8) is 0 Å². The molecule has 1 aromatic rings. The van der Waals surface area contributed by atoms with Gasteiger partial charge in [-0.1, -0.05) is 0 Å². The van der Waals surface area contributed by atoms with E-state index in [1.807, 2.05) is 0 Å². The Morgan fingerprint density at radius 2 is 1.42 bits per heavy atom. The molecule has 0 aliphatic heterocycles. The van der Waals surface area contributed by atoms with Gasteiger partial charge in [0.05, 0.1) is 0 Å². The van der Waals surface area contributed by atoms with Crippen LogP contribution in [0.1, 0.15) is 0 Å². The Morgan fingerprint density at radius 3 is 1.79 bits per heavy atom. The lowest BCUT2D eigenvalue weighted by Gasteiger charge is -2.15. The van der Waals surface area contributed by atoms with Crippen LogP contribution in [-0.4, -0.2) is 33.2 Å². The molecular formula is C9H6F5NO3S. The fraction of sp³-hybridized carbons (Fsp3) is 0.222. The highest BCUT2D eigenvalue weighted by Crippen LogP contribution is 2.26. The number of hydrogen-bond acceptors (Lipinski definition) is 2. The summed E-state index contributed by atoms with van der Waals surface area (Å²) in [5, 5.41) is 8.40.